The molecule has 66 valence electrons. The molecule has 0 heterocycles. The van der Waals surface area contributed by atoms with E-state index in [4.69, 9.17) is 9.84 Å². The Morgan fingerprint density at radius 1 is 1.45 bits per heavy atom. The Morgan fingerprint density at radius 2 is 2.18 bits per heavy atom. The summed E-state index contributed by atoms with van der Waals surface area (Å²) in [4.78, 5) is 10.6. The van der Waals surface area contributed by atoms with Crippen LogP contribution in [-0.2, 0) is 9.53 Å². The molecule has 3 heteroatoms. The van der Waals surface area contributed by atoms with Gasteiger partial charge in [-0.25, -0.2) is 0 Å². The number of esters is 1. The summed E-state index contributed by atoms with van der Waals surface area (Å²) in [6, 6.07) is 0. The van der Waals surface area contributed by atoms with Gasteiger partial charge in [0, 0.05) is 0 Å². The molecule has 0 radical (unpaired) electrons. The lowest BCUT2D eigenvalue weighted by Gasteiger charge is -2.01. The molecule has 3 nitrogen and oxygen atoms in total. The fraction of sp³-hybridized carbons (Fsp3) is 0.875. The summed E-state index contributed by atoms with van der Waals surface area (Å²) < 4.78 is 4.79. The minimum absolute atomic E-state index is 0.117. The zero-order valence-corrected chi connectivity index (χ0v) is 7.01. The number of carbonyl (C=O) groups excluding carboxylic acids is 1. The molecule has 1 N–H and O–H groups in total. The zero-order valence-electron chi connectivity index (χ0n) is 7.01. The summed E-state index contributed by atoms with van der Waals surface area (Å²) in [5.74, 6) is -0.302. The van der Waals surface area contributed by atoms with Gasteiger partial charge in [-0.05, 0) is 6.42 Å². The Bertz CT molecular complexity index is 102. The van der Waals surface area contributed by atoms with E-state index in [0.29, 0.717) is 6.61 Å². The number of hydrogen-bond donors (Lipinski definition) is 1. The van der Waals surface area contributed by atoms with Crippen LogP contribution in [0, 0.1) is 0 Å². The highest BCUT2D eigenvalue weighted by Crippen LogP contribution is 1.95. The van der Waals surface area contributed by atoms with Gasteiger partial charge in [0.15, 0.2) is 0 Å². The molecule has 0 fully saturated rings. The monoisotopic (exact) mass is 160 g/mol. The van der Waals surface area contributed by atoms with Crippen molar-refractivity contribution in [2.75, 3.05) is 13.2 Å². The second kappa shape index (κ2) is 7.54. The Morgan fingerprint density at radius 3 is 2.73 bits per heavy atom. The Balaban J connectivity index is 3.04. The van der Waals surface area contributed by atoms with Crippen molar-refractivity contribution >= 4 is 5.97 Å². The second-order valence-electron chi connectivity index (χ2n) is 2.40. The highest BCUT2D eigenvalue weighted by molar-refractivity contribution is 5.69. The number of unbranched alkanes of at least 4 members (excludes halogenated alkanes) is 2. The van der Waals surface area contributed by atoms with Gasteiger partial charge < -0.3 is 9.84 Å². The van der Waals surface area contributed by atoms with Gasteiger partial charge in [0.05, 0.1) is 19.6 Å². The van der Waals surface area contributed by atoms with E-state index < -0.39 is 0 Å². The number of hydrogen-bond acceptors (Lipinski definition) is 3. The van der Waals surface area contributed by atoms with E-state index in [0.717, 1.165) is 19.3 Å². The number of rotatable bonds is 6. The first-order chi connectivity index (χ1) is 5.31. The molecule has 11 heavy (non-hydrogen) atoms. The molecule has 0 atom stereocenters. The fourth-order valence-electron chi connectivity index (χ4n) is 0.702. The van der Waals surface area contributed by atoms with Crippen molar-refractivity contribution in [1.29, 1.82) is 0 Å². The lowest BCUT2D eigenvalue weighted by molar-refractivity contribution is -0.144. The van der Waals surface area contributed by atoms with E-state index in [9.17, 15) is 4.79 Å². The van der Waals surface area contributed by atoms with E-state index in [1.54, 1.807) is 0 Å². The topological polar surface area (TPSA) is 46.5 Å². The van der Waals surface area contributed by atoms with Crippen LogP contribution >= 0.6 is 0 Å². The largest absolute Gasteiger partial charge is 0.466 e. The lowest BCUT2D eigenvalue weighted by atomic mass is 10.3. The minimum Gasteiger partial charge on any atom is -0.466 e. The zero-order chi connectivity index (χ0) is 8.53. The lowest BCUT2D eigenvalue weighted by Crippen LogP contribution is -2.07. The summed E-state index contributed by atoms with van der Waals surface area (Å²) in [7, 11) is 0. The maximum atomic E-state index is 10.6. The molecule has 0 aliphatic heterocycles. The van der Waals surface area contributed by atoms with Crippen molar-refractivity contribution in [1.82, 2.24) is 0 Å². The fourth-order valence-corrected chi connectivity index (χ4v) is 0.702. The third-order valence-electron chi connectivity index (χ3n) is 1.33. The molecular weight excluding hydrogens is 144 g/mol. The maximum Gasteiger partial charge on any atom is 0.308 e. The SMILES string of the molecule is CCCCCOC(=O)CCO. The summed E-state index contributed by atoms with van der Waals surface area (Å²) in [5.41, 5.74) is 0. The Hall–Kier alpha value is -0.570. The van der Waals surface area contributed by atoms with Crippen molar-refractivity contribution in [3.8, 4) is 0 Å². The molecule has 0 saturated heterocycles. The maximum absolute atomic E-state index is 10.6. The Labute approximate surface area is 67.4 Å². The van der Waals surface area contributed by atoms with Crippen LogP contribution in [0.4, 0.5) is 0 Å². The summed E-state index contributed by atoms with van der Waals surface area (Å²) in [6.45, 7) is 2.47. The quantitative estimate of drug-likeness (QED) is 0.467. The molecule has 0 aliphatic rings. The van der Waals surface area contributed by atoms with Gasteiger partial charge in [-0.2, -0.15) is 0 Å². The number of aliphatic hydroxyl groups excluding tert-OH is 1. The summed E-state index contributed by atoms with van der Waals surface area (Å²) in [5, 5.41) is 8.34. The van der Waals surface area contributed by atoms with Crippen molar-refractivity contribution in [2.45, 2.75) is 32.6 Å². The molecule has 0 aromatic rings. The van der Waals surface area contributed by atoms with Crippen LogP contribution in [0.5, 0.6) is 0 Å². The highest BCUT2D eigenvalue weighted by Gasteiger charge is 1.99. The predicted molar refractivity (Wildman–Crippen MR) is 42.2 cm³/mol. The molecule has 0 unspecified atom stereocenters. The number of carbonyl (C=O) groups is 1. The predicted octanol–water partition coefficient (Wildman–Crippen LogP) is 1.10. The minimum atomic E-state index is -0.302. The van der Waals surface area contributed by atoms with Gasteiger partial charge >= 0.3 is 5.97 Å². The van der Waals surface area contributed by atoms with Crippen LogP contribution in [0.1, 0.15) is 32.6 Å². The van der Waals surface area contributed by atoms with E-state index in [1.165, 1.54) is 0 Å². The van der Waals surface area contributed by atoms with E-state index in [-0.39, 0.29) is 19.0 Å². The molecule has 0 amide bonds. The number of aliphatic hydroxyl groups is 1. The average Bonchev–Trinajstić information content (AvgIpc) is 1.99. The van der Waals surface area contributed by atoms with Gasteiger partial charge in [0.25, 0.3) is 0 Å². The van der Waals surface area contributed by atoms with Gasteiger partial charge in [0.1, 0.15) is 0 Å². The molecule has 0 aliphatic carbocycles. The van der Waals surface area contributed by atoms with Crippen LogP contribution in [-0.4, -0.2) is 24.3 Å². The van der Waals surface area contributed by atoms with Crippen molar-refractivity contribution in [3.05, 3.63) is 0 Å². The van der Waals surface area contributed by atoms with Crippen LogP contribution in [0.3, 0.4) is 0 Å². The van der Waals surface area contributed by atoms with Crippen LogP contribution in [0.25, 0.3) is 0 Å². The first-order valence-corrected chi connectivity index (χ1v) is 4.07. The van der Waals surface area contributed by atoms with Gasteiger partial charge in [-0.3, -0.25) is 4.79 Å². The summed E-state index contributed by atoms with van der Waals surface area (Å²) >= 11 is 0. The first-order valence-electron chi connectivity index (χ1n) is 4.07. The average molecular weight is 160 g/mol. The smallest absolute Gasteiger partial charge is 0.308 e. The molecule has 0 saturated carbocycles. The first kappa shape index (κ1) is 10.4. The molecular formula is C8H16O3. The standard InChI is InChI=1S/C8H16O3/c1-2-3-4-7-11-8(10)5-6-9/h9H,2-7H2,1H3. The van der Waals surface area contributed by atoms with Gasteiger partial charge in [-0.15, -0.1) is 0 Å². The third-order valence-corrected chi connectivity index (χ3v) is 1.33. The molecule has 0 bridgehead atoms. The van der Waals surface area contributed by atoms with Crippen molar-refractivity contribution in [3.63, 3.8) is 0 Å². The van der Waals surface area contributed by atoms with Crippen molar-refractivity contribution in [2.24, 2.45) is 0 Å². The summed E-state index contributed by atoms with van der Waals surface area (Å²) in [6.07, 6.45) is 3.25. The third kappa shape index (κ3) is 7.33. The normalized spacial score (nSPS) is 9.64. The highest BCUT2D eigenvalue weighted by atomic mass is 16.5. The van der Waals surface area contributed by atoms with Gasteiger partial charge in [0.2, 0.25) is 0 Å². The van der Waals surface area contributed by atoms with E-state index in [2.05, 4.69) is 6.92 Å². The number of ether oxygens (including phenoxy) is 1. The van der Waals surface area contributed by atoms with Crippen LogP contribution < -0.4 is 0 Å². The van der Waals surface area contributed by atoms with Crippen LogP contribution in [0.15, 0.2) is 0 Å². The van der Waals surface area contributed by atoms with Crippen LogP contribution in [0.2, 0.25) is 0 Å². The Kier molecular flexibility index (Phi) is 7.15. The van der Waals surface area contributed by atoms with E-state index in [1.807, 2.05) is 0 Å². The van der Waals surface area contributed by atoms with Gasteiger partial charge in [-0.1, -0.05) is 19.8 Å². The molecule has 0 aromatic carbocycles. The van der Waals surface area contributed by atoms with Crippen molar-refractivity contribution < 1.29 is 14.6 Å². The van der Waals surface area contributed by atoms with E-state index >= 15 is 0 Å². The second-order valence-corrected chi connectivity index (χ2v) is 2.40. The molecule has 0 spiro atoms. The molecule has 0 rings (SSSR count). The molecule has 0 aromatic heterocycles.